The van der Waals surface area contributed by atoms with E-state index >= 15 is 0 Å². The van der Waals surface area contributed by atoms with Crippen LogP contribution in [0.3, 0.4) is 0 Å². The van der Waals surface area contributed by atoms with Gasteiger partial charge in [0, 0.05) is 6.54 Å². The first kappa shape index (κ1) is 13.5. The third-order valence-electron chi connectivity index (χ3n) is 2.07. The van der Waals surface area contributed by atoms with Crippen LogP contribution in [-0.4, -0.2) is 26.0 Å². The summed E-state index contributed by atoms with van der Waals surface area (Å²) in [6.07, 6.45) is 0. The number of benzene rings is 1. The Balaban J connectivity index is 3.16. The minimum Gasteiger partial charge on any atom is -0.478 e. The zero-order valence-corrected chi connectivity index (χ0v) is 10.3. The van der Waals surface area contributed by atoms with Crippen molar-refractivity contribution in [3.05, 3.63) is 29.3 Å². The van der Waals surface area contributed by atoms with Crippen molar-refractivity contribution >= 4 is 21.9 Å². The summed E-state index contributed by atoms with van der Waals surface area (Å²) in [7, 11) is -3.72. The van der Waals surface area contributed by atoms with Gasteiger partial charge in [-0.1, -0.05) is 19.1 Å². The molecule has 0 amide bonds. The Bertz CT molecular complexity index is 525. The molecule has 1 aromatic carbocycles. The van der Waals surface area contributed by atoms with Gasteiger partial charge in [0.1, 0.15) is 0 Å². The lowest BCUT2D eigenvalue weighted by atomic mass is 10.1. The Labute approximate surface area is 99.8 Å². The van der Waals surface area contributed by atoms with Crippen LogP contribution in [0.15, 0.2) is 18.2 Å². The third-order valence-corrected chi connectivity index (χ3v) is 3.22. The fourth-order valence-electron chi connectivity index (χ4n) is 1.41. The maximum absolute atomic E-state index is 11.5. The molecule has 0 saturated carbocycles. The molecule has 7 heteroatoms. The number of aryl methyl sites for hydroxylation is 1. The normalized spacial score (nSPS) is 11.2. The molecule has 0 radical (unpaired) electrons. The van der Waals surface area contributed by atoms with E-state index in [2.05, 4.69) is 9.44 Å². The molecule has 1 aromatic rings. The molecule has 0 saturated heterocycles. The van der Waals surface area contributed by atoms with Crippen LogP contribution >= 0.6 is 0 Å². The van der Waals surface area contributed by atoms with Gasteiger partial charge in [0.2, 0.25) is 0 Å². The van der Waals surface area contributed by atoms with E-state index in [1.807, 2.05) is 0 Å². The van der Waals surface area contributed by atoms with Gasteiger partial charge >= 0.3 is 5.97 Å². The summed E-state index contributed by atoms with van der Waals surface area (Å²) in [5.41, 5.74) is 0.502. The highest BCUT2D eigenvalue weighted by atomic mass is 32.2. The van der Waals surface area contributed by atoms with Gasteiger partial charge < -0.3 is 5.11 Å². The highest BCUT2D eigenvalue weighted by molar-refractivity contribution is 7.90. The maximum atomic E-state index is 11.5. The average Bonchev–Trinajstić information content (AvgIpc) is 2.15. The lowest BCUT2D eigenvalue weighted by molar-refractivity contribution is 0.0697. The molecule has 0 bridgehead atoms. The van der Waals surface area contributed by atoms with E-state index in [1.54, 1.807) is 26.0 Å². The van der Waals surface area contributed by atoms with Crippen LogP contribution in [0.5, 0.6) is 0 Å². The monoisotopic (exact) mass is 258 g/mol. The van der Waals surface area contributed by atoms with Crippen molar-refractivity contribution in [2.24, 2.45) is 0 Å². The van der Waals surface area contributed by atoms with E-state index in [1.165, 1.54) is 6.07 Å². The van der Waals surface area contributed by atoms with E-state index in [4.69, 9.17) is 5.11 Å². The average molecular weight is 258 g/mol. The lowest BCUT2D eigenvalue weighted by Crippen LogP contribution is -2.30. The van der Waals surface area contributed by atoms with Gasteiger partial charge in [-0.3, -0.25) is 4.72 Å². The molecular weight excluding hydrogens is 244 g/mol. The number of carboxylic acids is 1. The molecule has 0 spiro atoms. The third kappa shape index (κ3) is 3.43. The van der Waals surface area contributed by atoms with E-state index in [0.717, 1.165) is 0 Å². The summed E-state index contributed by atoms with van der Waals surface area (Å²) in [5, 5.41) is 9.02. The maximum Gasteiger partial charge on any atom is 0.338 e. The van der Waals surface area contributed by atoms with Gasteiger partial charge in [-0.05, 0) is 18.6 Å². The van der Waals surface area contributed by atoms with Crippen molar-refractivity contribution in [1.82, 2.24) is 4.72 Å². The second-order valence-electron chi connectivity index (χ2n) is 3.41. The summed E-state index contributed by atoms with van der Waals surface area (Å²) in [4.78, 5) is 11.0. The number of aromatic carboxylic acids is 1. The van der Waals surface area contributed by atoms with Crippen molar-refractivity contribution in [3.63, 3.8) is 0 Å². The number of nitrogens with one attached hydrogen (secondary N) is 2. The van der Waals surface area contributed by atoms with E-state index in [0.29, 0.717) is 5.56 Å². The Morgan fingerprint density at radius 3 is 2.59 bits per heavy atom. The summed E-state index contributed by atoms with van der Waals surface area (Å²) in [6, 6.07) is 4.60. The second kappa shape index (κ2) is 5.15. The number of anilines is 1. The molecule has 0 unspecified atom stereocenters. The first-order valence-corrected chi connectivity index (χ1v) is 6.46. The SMILES string of the molecule is CCNS(=O)(=O)Nc1cccc(C)c1C(=O)O. The van der Waals surface area contributed by atoms with Crippen molar-refractivity contribution < 1.29 is 18.3 Å². The fraction of sp³-hybridized carbons (Fsp3) is 0.300. The minimum absolute atomic E-state index is 0.0472. The van der Waals surface area contributed by atoms with Gasteiger partial charge in [0.25, 0.3) is 10.2 Å². The fourth-order valence-corrected chi connectivity index (χ4v) is 2.32. The van der Waals surface area contributed by atoms with Gasteiger partial charge in [0.05, 0.1) is 11.3 Å². The van der Waals surface area contributed by atoms with Crippen LogP contribution in [0.2, 0.25) is 0 Å². The molecule has 0 heterocycles. The smallest absolute Gasteiger partial charge is 0.338 e. The molecule has 0 aliphatic rings. The molecular formula is C10H14N2O4S. The van der Waals surface area contributed by atoms with Crippen molar-refractivity contribution in [3.8, 4) is 0 Å². The molecule has 1 rings (SSSR count). The number of carboxylic acid groups (broad SMARTS) is 1. The molecule has 94 valence electrons. The predicted molar refractivity (Wildman–Crippen MR) is 64.4 cm³/mol. The zero-order chi connectivity index (χ0) is 13.1. The Hall–Kier alpha value is -1.60. The van der Waals surface area contributed by atoms with Crippen LogP contribution in [0.25, 0.3) is 0 Å². The van der Waals surface area contributed by atoms with Crippen molar-refractivity contribution in [2.45, 2.75) is 13.8 Å². The number of hydrogen-bond donors (Lipinski definition) is 3. The molecule has 3 N–H and O–H groups in total. The molecule has 0 aliphatic heterocycles. The first-order chi connectivity index (χ1) is 7.87. The van der Waals surface area contributed by atoms with Gasteiger partial charge in [-0.2, -0.15) is 13.1 Å². The van der Waals surface area contributed by atoms with E-state index in [-0.39, 0.29) is 17.8 Å². The van der Waals surface area contributed by atoms with E-state index in [9.17, 15) is 13.2 Å². The van der Waals surface area contributed by atoms with Gasteiger partial charge in [-0.15, -0.1) is 0 Å². The Morgan fingerprint density at radius 1 is 1.41 bits per heavy atom. The molecule has 6 nitrogen and oxygen atoms in total. The summed E-state index contributed by atoms with van der Waals surface area (Å²) in [6.45, 7) is 3.46. The van der Waals surface area contributed by atoms with Crippen LogP contribution in [-0.2, 0) is 10.2 Å². The summed E-state index contributed by atoms with van der Waals surface area (Å²) < 4.78 is 27.4. The highest BCUT2D eigenvalue weighted by Gasteiger charge is 2.16. The summed E-state index contributed by atoms with van der Waals surface area (Å²) in [5.74, 6) is -1.17. The Morgan fingerprint density at radius 2 is 2.06 bits per heavy atom. The molecule has 0 aliphatic carbocycles. The van der Waals surface area contributed by atoms with Crippen LogP contribution in [0.4, 0.5) is 5.69 Å². The highest BCUT2D eigenvalue weighted by Crippen LogP contribution is 2.20. The first-order valence-electron chi connectivity index (χ1n) is 4.97. The topological polar surface area (TPSA) is 95.5 Å². The lowest BCUT2D eigenvalue weighted by Gasteiger charge is -2.11. The Kier molecular flexibility index (Phi) is 4.08. The number of carbonyl (C=O) groups is 1. The summed E-state index contributed by atoms with van der Waals surface area (Å²) >= 11 is 0. The van der Waals surface area contributed by atoms with Crippen molar-refractivity contribution in [1.29, 1.82) is 0 Å². The molecule has 0 aromatic heterocycles. The standard InChI is InChI=1S/C10H14N2O4S/c1-3-11-17(15,16)12-8-6-4-5-7(2)9(8)10(13)14/h4-6,11-12H,3H2,1-2H3,(H,13,14). The van der Waals surface area contributed by atoms with Crippen LogP contribution < -0.4 is 9.44 Å². The number of rotatable bonds is 5. The van der Waals surface area contributed by atoms with Gasteiger partial charge in [0.15, 0.2) is 0 Å². The zero-order valence-electron chi connectivity index (χ0n) is 9.52. The van der Waals surface area contributed by atoms with E-state index < -0.39 is 16.2 Å². The molecule has 0 atom stereocenters. The number of hydrogen-bond acceptors (Lipinski definition) is 3. The largest absolute Gasteiger partial charge is 0.478 e. The molecule has 17 heavy (non-hydrogen) atoms. The van der Waals surface area contributed by atoms with Gasteiger partial charge in [-0.25, -0.2) is 4.79 Å². The van der Waals surface area contributed by atoms with Crippen LogP contribution in [0.1, 0.15) is 22.8 Å². The minimum atomic E-state index is -3.72. The second-order valence-corrected chi connectivity index (χ2v) is 4.91. The van der Waals surface area contributed by atoms with Crippen LogP contribution in [0, 0.1) is 6.92 Å². The predicted octanol–water partition coefficient (Wildman–Crippen LogP) is 0.959. The van der Waals surface area contributed by atoms with Crippen molar-refractivity contribution in [2.75, 3.05) is 11.3 Å². The quantitative estimate of drug-likeness (QED) is 0.733. The molecule has 0 fully saturated rings.